The third-order valence-corrected chi connectivity index (χ3v) is 4.99. The maximum atomic E-state index is 4.80. The van der Waals surface area contributed by atoms with Crippen molar-refractivity contribution in [3.63, 3.8) is 0 Å². The van der Waals surface area contributed by atoms with Crippen molar-refractivity contribution in [2.75, 3.05) is 5.32 Å². The van der Waals surface area contributed by atoms with Crippen LogP contribution in [0.3, 0.4) is 0 Å². The fourth-order valence-corrected chi connectivity index (χ4v) is 3.50. The lowest BCUT2D eigenvalue weighted by Crippen LogP contribution is -2.20. The summed E-state index contributed by atoms with van der Waals surface area (Å²) in [7, 11) is 0. The smallest absolute Gasteiger partial charge is 0.254 e. The van der Waals surface area contributed by atoms with Crippen molar-refractivity contribution >= 4 is 22.6 Å². The van der Waals surface area contributed by atoms with Crippen molar-refractivity contribution in [2.24, 2.45) is 5.92 Å². The average Bonchev–Trinajstić information content (AvgIpc) is 3.38. The quantitative estimate of drug-likeness (QED) is 0.468. The van der Waals surface area contributed by atoms with Crippen LogP contribution in [0, 0.1) is 5.92 Å². The van der Waals surface area contributed by atoms with Crippen LogP contribution in [0.5, 0.6) is 0 Å². The van der Waals surface area contributed by atoms with Gasteiger partial charge in [0.15, 0.2) is 0 Å². The molecule has 0 saturated heterocycles. The van der Waals surface area contributed by atoms with E-state index in [1.807, 2.05) is 60.7 Å². The molecular weight excluding hydrogens is 362 g/mol. The van der Waals surface area contributed by atoms with Gasteiger partial charge >= 0.3 is 0 Å². The van der Waals surface area contributed by atoms with E-state index < -0.39 is 0 Å². The van der Waals surface area contributed by atoms with Gasteiger partial charge in [0.25, 0.3) is 5.78 Å². The second-order valence-electron chi connectivity index (χ2n) is 7.37. The minimum Gasteiger partial charge on any atom is -0.360 e. The highest BCUT2D eigenvalue weighted by molar-refractivity contribution is 5.75. The molecule has 0 spiro atoms. The Morgan fingerprint density at radius 1 is 0.966 bits per heavy atom. The lowest BCUT2D eigenvalue weighted by molar-refractivity contribution is 0.523. The molecule has 29 heavy (non-hydrogen) atoms. The Balaban J connectivity index is 1.59. The molecule has 5 rings (SSSR count). The van der Waals surface area contributed by atoms with Crippen molar-refractivity contribution in [1.82, 2.24) is 29.5 Å². The van der Waals surface area contributed by atoms with Crippen molar-refractivity contribution in [1.29, 1.82) is 0 Å². The second-order valence-corrected chi connectivity index (χ2v) is 7.37. The highest BCUT2D eigenvalue weighted by Gasteiger charge is 2.21. The average molecular weight is 383 g/mol. The van der Waals surface area contributed by atoms with Gasteiger partial charge in [0.05, 0.1) is 22.8 Å². The molecule has 1 atom stereocenters. The van der Waals surface area contributed by atoms with Crippen molar-refractivity contribution in [3.8, 4) is 11.3 Å². The first-order valence-electron chi connectivity index (χ1n) is 9.66. The van der Waals surface area contributed by atoms with E-state index in [-0.39, 0.29) is 6.04 Å². The van der Waals surface area contributed by atoms with Crippen molar-refractivity contribution in [3.05, 3.63) is 72.8 Å². The molecule has 0 aliphatic carbocycles. The highest BCUT2D eigenvalue weighted by Crippen LogP contribution is 2.28. The molecule has 7 heteroatoms. The summed E-state index contributed by atoms with van der Waals surface area (Å²) in [6.07, 6.45) is 1.52. The number of nitrogens with one attached hydrogen (secondary N) is 2. The van der Waals surface area contributed by atoms with E-state index in [0.29, 0.717) is 11.7 Å². The summed E-state index contributed by atoms with van der Waals surface area (Å²) in [5.41, 5.74) is 3.87. The van der Waals surface area contributed by atoms with Gasteiger partial charge < -0.3 is 10.3 Å². The Kier molecular flexibility index (Phi) is 4.20. The number of rotatable bonds is 5. The number of hydrogen-bond donors (Lipinski definition) is 2. The number of anilines is 1. The molecule has 3 aromatic heterocycles. The summed E-state index contributed by atoms with van der Waals surface area (Å²) in [6, 6.07) is 20.1. The molecule has 0 fully saturated rings. The van der Waals surface area contributed by atoms with Crippen LogP contribution < -0.4 is 5.32 Å². The van der Waals surface area contributed by atoms with Gasteiger partial charge in [0, 0.05) is 11.6 Å². The van der Waals surface area contributed by atoms with E-state index in [1.165, 1.54) is 6.33 Å². The Morgan fingerprint density at radius 3 is 2.55 bits per heavy atom. The molecular formula is C22H21N7. The van der Waals surface area contributed by atoms with Gasteiger partial charge in [-0.05, 0) is 18.1 Å². The largest absolute Gasteiger partial charge is 0.360 e. The molecule has 0 saturated carbocycles. The first-order valence-corrected chi connectivity index (χ1v) is 9.66. The van der Waals surface area contributed by atoms with Gasteiger partial charge in [0.2, 0.25) is 0 Å². The first kappa shape index (κ1) is 17.4. The van der Waals surface area contributed by atoms with Crippen LogP contribution in [0.25, 0.3) is 28.1 Å². The zero-order valence-electron chi connectivity index (χ0n) is 16.2. The Morgan fingerprint density at radius 2 is 1.76 bits per heavy atom. The minimum absolute atomic E-state index is 0.0270. The standard InChI is InChI=1S/C22H21N7/c1-14(2)20(21-25-16-10-6-7-11-17(16)26-21)28-19-12-18(15-8-4-3-5-9-15)27-22-23-13-24-29(19)22/h3-14,20,28H,1-2H3,(H,25,26)/t20-/m1/s1. The van der Waals surface area contributed by atoms with Gasteiger partial charge in [-0.15, -0.1) is 0 Å². The third kappa shape index (κ3) is 3.20. The zero-order chi connectivity index (χ0) is 19.8. The van der Waals surface area contributed by atoms with Gasteiger partial charge in [0.1, 0.15) is 18.0 Å². The second kappa shape index (κ2) is 7.01. The number of aromatic amines is 1. The fraction of sp³-hybridized carbons (Fsp3) is 0.182. The molecule has 0 radical (unpaired) electrons. The predicted molar refractivity (Wildman–Crippen MR) is 114 cm³/mol. The predicted octanol–water partition coefficient (Wildman–Crippen LogP) is 4.48. The number of aromatic nitrogens is 6. The van der Waals surface area contributed by atoms with Gasteiger partial charge in [-0.25, -0.2) is 9.97 Å². The lowest BCUT2D eigenvalue weighted by atomic mass is 10.0. The van der Waals surface area contributed by atoms with Crippen LogP contribution in [0.4, 0.5) is 5.82 Å². The molecule has 0 aliphatic rings. The summed E-state index contributed by atoms with van der Waals surface area (Å²) in [5.74, 6) is 2.57. The topological polar surface area (TPSA) is 83.8 Å². The molecule has 0 amide bonds. The number of nitrogens with zero attached hydrogens (tertiary/aromatic N) is 5. The monoisotopic (exact) mass is 383 g/mol. The van der Waals surface area contributed by atoms with E-state index in [1.54, 1.807) is 4.52 Å². The van der Waals surface area contributed by atoms with Crippen LogP contribution in [0.15, 0.2) is 67.0 Å². The highest BCUT2D eigenvalue weighted by atomic mass is 15.4. The SMILES string of the molecule is CC(C)[C@@H](Nc1cc(-c2ccccc2)nc2ncnn12)c1nc2ccccc2[nH]1. The van der Waals surface area contributed by atoms with Crippen LogP contribution in [-0.2, 0) is 0 Å². The number of benzene rings is 2. The van der Waals surface area contributed by atoms with Crippen LogP contribution >= 0.6 is 0 Å². The molecule has 0 aliphatic heterocycles. The fourth-order valence-electron chi connectivity index (χ4n) is 3.50. The molecule has 5 aromatic rings. The van der Waals surface area contributed by atoms with E-state index in [9.17, 15) is 0 Å². The number of para-hydroxylation sites is 2. The van der Waals surface area contributed by atoms with Crippen LogP contribution in [0.2, 0.25) is 0 Å². The number of fused-ring (bicyclic) bond motifs is 2. The Bertz CT molecular complexity index is 1240. The van der Waals surface area contributed by atoms with Crippen molar-refractivity contribution in [2.45, 2.75) is 19.9 Å². The summed E-state index contributed by atoms with van der Waals surface area (Å²) in [4.78, 5) is 17.2. The Labute approximate surface area is 167 Å². The van der Waals surface area contributed by atoms with E-state index >= 15 is 0 Å². The molecule has 3 heterocycles. The third-order valence-electron chi connectivity index (χ3n) is 4.99. The van der Waals surface area contributed by atoms with Gasteiger partial charge in [-0.3, -0.25) is 0 Å². The van der Waals surface area contributed by atoms with E-state index in [4.69, 9.17) is 4.98 Å². The maximum absolute atomic E-state index is 4.80. The zero-order valence-corrected chi connectivity index (χ0v) is 16.2. The molecule has 2 aromatic carbocycles. The minimum atomic E-state index is -0.0270. The summed E-state index contributed by atoms with van der Waals surface area (Å²) in [6.45, 7) is 4.34. The van der Waals surface area contributed by atoms with Crippen LogP contribution in [-0.4, -0.2) is 29.5 Å². The van der Waals surface area contributed by atoms with Crippen LogP contribution in [0.1, 0.15) is 25.7 Å². The molecule has 2 N–H and O–H groups in total. The normalized spacial score (nSPS) is 12.7. The summed E-state index contributed by atoms with van der Waals surface area (Å²) >= 11 is 0. The van der Waals surface area contributed by atoms with E-state index in [0.717, 1.165) is 33.9 Å². The van der Waals surface area contributed by atoms with Crippen molar-refractivity contribution < 1.29 is 0 Å². The summed E-state index contributed by atoms with van der Waals surface area (Å²) < 4.78 is 1.73. The van der Waals surface area contributed by atoms with Gasteiger partial charge in [-0.2, -0.15) is 14.6 Å². The maximum Gasteiger partial charge on any atom is 0.254 e. The molecule has 0 unspecified atom stereocenters. The van der Waals surface area contributed by atoms with E-state index in [2.05, 4.69) is 39.2 Å². The first-order chi connectivity index (χ1) is 14.2. The molecule has 144 valence electrons. The number of H-pyrrole nitrogens is 1. The number of hydrogen-bond acceptors (Lipinski definition) is 5. The van der Waals surface area contributed by atoms with Gasteiger partial charge in [-0.1, -0.05) is 56.3 Å². The summed E-state index contributed by atoms with van der Waals surface area (Å²) in [5, 5.41) is 7.97. The number of imidazole rings is 1. The molecule has 7 nitrogen and oxygen atoms in total. The lowest BCUT2D eigenvalue weighted by Gasteiger charge is -2.22. The Hall–Kier alpha value is -3.74. The molecule has 0 bridgehead atoms.